The Labute approximate surface area is 151 Å². The molecule has 0 amide bonds. The number of H-pyrrole nitrogens is 1. The lowest BCUT2D eigenvalue weighted by Crippen LogP contribution is -2.26. The number of nitrogens with one attached hydrogen (secondary N) is 2. The molecule has 0 atom stereocenters. The minimum Gasteiger partial charge on any atom is -0.477 e. The van der Waals surface area contributed by atoms with Crippen molar-refractivity contribution in [2.45, 2.75) is 38.3 Å². The molecule has 26 heavy (non-hydrogen) atoms. The van der Waals surface area contributed by atoms with E-state index in [1.807, 2.05) is 0 Å². The minimum atomic E-state index is -0.974. The van der Waals surface area contributed by atoms with E-state index in [0.717, 1.165) is 50.3 Å². The van der Waals surface area contributed by atoms with Crippen LogP contribution in [0.4, 0.5) is 5.82 Å². The van der Waals surface area contributed by atoms with E-state index in [1.165, 1.54) is 5.56 Å². The maximum Gasteiger partial charge on any atom is 0.354 e. The zero-order valence-corrected chi connectivity index (χ0v) is 14.5. The summed E-state index contributed by atoms with van der Waals surface area (Å²) in [5, 5.41) is 19.2. The number of aromatic nitrogens is 4. The molecule has 2 aromatic rings. The summed E-state index contributed by atoms with van der Waals surface area (Å²) in [6.07, 6.45) is 11.4. The number of carbonyl (C=O) groups is 1. The molecule has 0 unspecified atom stereocenters. The van der Waals surface area contributed by atoms with Gasteiger partial charge in [0.1, 0.15) is 17.8 Å². The number of nitrogens with zero attached hydrogens (tertiary/aromatic N) is 4. The molecule has 0 saturated heterocycles. The van der Waals surface area contributed by atoms with E-state index in [-0.39, 0.29) is 5.69 Å². The van der Waals surface area contributed by atoms with Crippen LogP contribution >= 0.6 is 0 Å². The average molecular weight is 354 g/mol. The molecule has 0 radical (unpaired) electrons. The van der Waals surface area contributed by atoms with E-state index in [9.17, 15) is 9.90 Å². The van der Waals surface area contributed by atoms with Crippen LogP contribution in [0, 0.1) is 0 Å². The Morgan fingerprint density at radius 2 is 2.08 bits per heavy atom. The van der Waals surface area contributed by atoms with Gasteiger partial charge in [0.2, 0.25) is 0 Å². The van der Waals surface area contributed by atoms with Crippen LogP contribution in [0.2, 0.25) is 0 Å². The second-order valence-corrected chi connectivity index (χ2v) is 6.78. The molecule has 0 bridgehead atoms. The van der Waals surface area contributed by atoms with Gasteiger partial charge in [-0.05, 0) is 19.3 Å². The Balaban J connectivity index is 1.46. The van der Waals surface area contributed by atoms with Gasteiger partial charge >= 0.3 is 5.97 Å². The summed E-state index contributed by atoms with van der Waals surface area (Å²) < 4.78 is 0. The number of aromatic amines is 1. The van der Waals surface area contributed by atoms with E-state index in [2.05, 4.69) is 42.5 Å². The molecule has 8 nitrogen and oxygen atoms in total. The molecule has 3 heterocycles. The quantitative estimate of drug-likeness (QED) is 0.701. The van der Waals surface area contributed by atoms with Gasteiger partial charge in [0.15, 0.2) is 0 Å². The fraction of sp³-hybridized carbons (Fsp3) is 0.444. The summed E-state index contributed by atoms with van der Waals surface area (Å²) in [5.41, 5.74) is 3.15. The number of hydrogen-bond donors (Lipinski definition) is 3. The van der Waals surface area contributed by atoms with Gasteiger partial charge in [-0.2, -0.15) is 5.10 Å². The molecule has 2 aliphatic rings. The van der Waals surface area contributed by atoms with E-state index in [1.54, 1.807) is 12.5 Å². The molecular weight excluding hydrogens is 332 g/mol. The third kappa shape index (κ3) is 3.45. The average Bonchev–Trinajstić information content (AvgIpc) is 3.25. The summed E-state index contributed by atoms with van der Waals surface area (Å²) in [7, 11) is 0. The predicted molar refractivity (Wildman–Crippen MR) is 96.0 cm³/mol. The third-order valence-electron chi connectivity index (χ3n) is 5.05. The van der Waals surface area contributed by atoms with Crippen molar-refractivity contribution in [1.82, 2.24) is 25.1 Å². The number of carboxylic acid groups (broad SMARTS) is 1. The van der Waals surface area contributed by atoms with Crippen LogP contribution < -0.4 is 5.32 Å². The predicted octanol–water partition coefficient (Wildman–Crippen LogP) is 1.63. The van der Waals surface area contributed by atoms with Gasteiger partial charge in [0.25, 0.3) is 0 Å². The van der Waals surface area contributed by atoms with E-state index in [4.69, 9.17) is 0 Å². The molecule has 3 N–H and O–H groups in total. The van der Waals surface area contributed by atoms with Gasteiger partial charge in [-0.1, -0.05) is 12.2 Å². The van der Waals surface area contributed by atoms with E-state index < -0.39 is 5.97 Å². The molecule has 136 valence electrons. The summed E-state index contributed by atoms with van der Waals surface area (Å²) in [4.78, 5) is 22.5. The van der Waals surface area contributed by atoms with Crippen molar-refractivity contribution in [3.63, 3.8) is 0 Å². The Bertz CT molecular complexity index is 823. The van der Waals surface area contributed by atoms with Crippen LogP contribution in [0.3, 0.4) is 0 Å². The zero-order chi connectivity index (χ0) is 17.9. The summed E-state index contributed by atoms with van der Waals surface area (Å²) in [5.74, 6) is -0.0294. The lowest BCUT2D eigenvalue weighted by Gasteiger charge is -2.19. The topological polar surface area (TPSA) is 107 Å². The van der Waals surface area contributed by atoms with Gasteiger partial charge < -0.3 is 10.4 Å². The maximum atomic E-state index is 11.3. The molecule has 2 aromatic heterocycles. The zero-order valence-electron chi connectivity index (χ0n) is 14.5. The van der Waals surface area contributed by atoms with Crippen molar-refractivity contribution < 1.29 is 9.90 Å². The molecule has 0 spiro atoms. The highest BCUT2D eigenvalue weighted by atomic mass is 16.4. The summed E-state index contributed by atoms with van der Waals surface area (Å²) in [6, 6.07) is 0.414. The van der Waals surface area contributed by atoms with Crippen molar-refractivity contribution in [1.29, 1.82) is 0 Å². The Hall–Kier alpha value is -2.74. The number of carboxylic acids is 1. The second-order valence-electron chi connectivity index (χ2n) is 6.78. The van der Waals surface area contributed by atoms with Crippen LogP contribution in [0.5, 0.6) is 0 Å². The Kier molecular flexibility index (Phi) is 4.66. The standard InChI is InChI=1S/C18H22N6O2/c25-18(26)16-12(9-21-23-16)10-24-7-5-14-15(6-8-24)19-11-20-17(14)22-13-3-1-2-4-13/h1-2,9,11,13H,3-8,10H2,(H,21,23)(H,25,26)(H,19,20,22). The first kappa shape index (κ1) is 16.7. The number of anilines is 1. The monoisotopic (exact) mass is 354 g/mol. The molecule has 1 aliphatic heterocycles. The summed E-state index contributed by atoms with van der Waals surface area (Å²) >= 11 is 0. The van der Waals surface area contributed by atoms with Crippen molar-refractivity contribution in [2.75, 3.05) is 18.4 Å². The molecule has 0 fully saturated rings. The van der Waals surface area contributed by atoms with Crippen LogP contribution in [0.15, 0.2) is 24.7 Å². The fourth-order valence-corrected chi connectivity index (χ4v) is 3.64. The highest BCUT2D eigenvalue weighted by Crippen LogP contribution is 2.24. The van der Waals surface area contributed by atoms with Crippen LogP contribution in [-0.4, -0.2) is 55.3 Å². The third-order valence-corrected chi connectivity index (χ3v) is 5.05. The molecule has 8 heteroatoms. The first-order valence-corrected chi connectivity index (χ1v) is 8.93. The Morgan fingerprint density at radius 3 is 2.88 bits per heavy atom. The normalized spacial score (nSPS) is 17.8. The van der Waals surface area contributed by atoms with Gasteiger partial charge in [0.05, 0.1) is 11.9 Å². The molecule has 1 aliphatic carbocycles. The number of hydrogen-bond acceptors (Lipinski definition) is 6. The molecule has 0 saturated carbocycles. The van der Waals surface area contributed by atoms with Gasteiger partial charge in [-0.25, -0.2) is 14.8 Å². The van der Waals surface area contributed by atoms with Crippen molar-refractivity contribution in [3.8, 4) is 0 Å². The number of rotatable bonds is 5. The Morgan fingerprint density at radius 1 is 1.27 bits per heavy atom. The van der Waals surface area contributed by atoms with Gasteiger partial charge in [0, 0.05) is 43.2 Å². The lowest BCUT2D eigenvalue weighted by atomic mass is 10.1. The number of fused-ring (bicyclic) bond motifs is 1. The lowest BCUT2D eigenvalue weighted by molar-refractivity contribution is 0.0688. The van der Waals surface area contributed by atoms with E-state index >= 15 is 0 Å². The van der Waals surface area contributed by atoms with Gasteiger partial charge in [-0.3, -0.25) is 10.00 Å². The second kappa shape index (κ2) is 7.25. The smallest absolute Gasteiger partial charge is 0.354 e. The van der Waals surface area contributed by atoms with Crippen molar-refractivity contribution in [3.05, 3.63) is 47.2 Å². The van der Waals surface area contributed by atoms with Crippen molar-refractivity contribution in [2.24, 2.45) is 0 Å². The van der Waals surface area contributed by atoms with E-state index in [0.29, 0.717) is 18.2 Å². The fourth-order valence-electron chi connectivity index (χ4n) is 3.64. The molecule has 4 rings (SSSR count). The maximum absolute atomic E-state index is 11.3. The van der Waals surface area contributed by atoms with Gasteiger partial charge in [-0.15, -0.1) is 0 Å². The first-order chi connectivity index (χ1) is 12.7. The van der Waals surface area contributed by atoms with Crippen LogP contribution in [-0.2, 0) is 19.4 Å². The SMILES string of the molecule is O=C(O)c1[nH]ncc1CN1CCc2ncnc(NC3CC=CC3)c2CC1. The van der Waals surface area contributed by atoms with Crippen LogP contribution in [0.1, 0.15) is 40.2 Å². The van der Waals surface area contributed by atoms with Crippen molar-refractivity contribution >= 4 is 11.8 Å². The number of aromatic carboxylic acids is 1. The highest BCUT2D eigenvalue weighted by molar-refractivity contribution is 5.86. The van der Waals surface area contributed by atoms with Crippen LogP contribution in [0.25, 0.3) is 0 Å². The largest absolute Gasteiger partial charge is 0.477 e. The molecular formula is C18H22N6O2. The minimum absolute atomic E-state index is 0.169. The molecule has 0 aromatic carbocycles. The first-order valence-electron chi connectivity index (χ1n) is 8.93. The highest BCUT2D eigenvalue weighted by Gasteiger charge is 2.22. The summed E-state index contributed by atoms with van der Waals surface area (Å²) in [6.45, 7) is 2.23.